The molecule has 3 aliphatic rings. The molecule has 3 fully saturated rings. The van der Waals surface area contributed by atoms with Gasteiger partial charge in [0.1, 0.15) is 5.69 Å². The maximum atomic E-state index is 13.0. The smallest absolute Gasteiger partial charge is 0.475 e. The van der Waals surface area contributed by atoms with Gasteiger partial charge in [-0.2, -0.15) is 13.2 Å². The Morgan fingerprint density at radius 3 is 2.17 bits per heavy atom. The summed E-state index contributed by atoms with van der Waals surface area (Å²) in [5.74, 6) is -1.35. The van der Waals surface area contributed by atoms with Gasteiger partial charge >= 0.3 is 12.1 Å². The molecule has 5 rings (SSSR count). The number of anilines is 1. The first-order valence-electron chi connectivity index (χ1n) is 13.4. The van der Waals surface area contributed by atoms with Crippen molar-refractivity contribution in [3.8, 4) is 11.1 Å². The molecule has 1 saturated carbocycles. The Labute approximate surface area is 230 Å². The Bertz CT molecular complexity index is 1110. The maximum Gasteiger partial charge on any atom is 0.490 e. The van der Waals surface area contributed by atoms with E-state index in [9.17, 15) is 18.0 Å². The average molecular weight is 569 g/mol. The van der Waals surface area contributed by atoms with Crippen LogP contribution in [0, 0.1) is 5.92 Å². The van der Waals surface area contributed by atoms with Gasteiger partial charge in [0.05, 0.1) is 26.4 Å². The molecule has 11 nitrogen and oxygen atoms in total. The standard InChI is InChI=1S/C24H34N6O3.C2HF3O2/c31-23(25-4-1-5-28-6-10-32-11-7-28)22-14-20(18-30(22)17-19-2-3-19)21-15-26-24(27-16-21)29-8-12-33-13-9-29;3-2(4,5)1(6)7/h14-16,18-19H,1-13,17H2,(H,25,31);(H,6,7). The van der Waals surface area contributed by atoms with Crippen LogP contribution in [-0.4, -0.2) is 108 Å². The number of aromatic nitrogens is 3. The van der Waals surface area contributed by atoms with Crippen molar-refractivity contribution in [1.82, 2.24) is 24.8 Å². The Morgan fingerprint density at radius 1 is 1.00 bits per heavy atom. The Hall–Kier alpha value is -3.23. The van der Waals surface area contributed by atoms with E-state index in [-0.39, 0.29) is 5.91 Å². The van der Waals surface area contributed by atoms with Gasteiger partial charge in [0.15, 0.2) is 0 Å². The monoisotopic (exact) mass is 568 g/mol. The number of ether oxygens (including phenoxy) is 2. The van der Waals surface area contributed by atoms with Crippen LogP contribution in [0.4, 0.5) is 19.1 Å². The highest BCUT2D eigenvalue weighted by Crippen LogP contribution is 2.32. The third-order valence-corrected chi connectivity index (χ3v) is 6.83. The predicted molar refractivity (Wildman–Crippen MR) is 139 cm³/mol. The molecule has 1 amide bonds. The molecule has 0 atom stereocenters. The van der Waals surface area contributed by atoms with Gasteiger partial charge in [-0.05, 0) is 37.8 Å². The van der Waals surface area contributed by atoms with Crippen LogP contribution >= 0.6 is 0 Å². The van der Waals surface area contributed by atoms with Crippen molar-refractivity contribution in [2.24, 2.45) is 5.92 Å². The van der Waals surface area contributed by atoms with Gasteiger partial charge in [0, 0.05) is 69.0 Å². The first kappa shape index (κ1) is 29.7. The van der Waals surface area contributed by atoms with Crippen molar-refractivity contribution < 1.29 is 37.3 Å². The number of amides is 1. The molecule has 0 bridgehead atoms. The van der Waals surface area contributed by atoms with Crippen molar-refractivity contribution in [1.29, 1.82) is 0 Å². The Kier molecular flexibility index (Phi) is 10.3. The highest BCUT2D eigenvalue weighted by atomic mass is 19.4. The van der Waals surface area contributed by atoms with Crippen molar-refractivity contribution >= 4 is 17.8 Å². The summed E-state index contributed by atoms with van der Waals surface area (Å²) in [7, 11) is 0. The van der Waals surface area contributed by atoms with Gasteiger partial charge in [-0.1, -0.05) is 0 Å². The number of carbonyl (C=O) groups excluding carboxylic acids is 1. The second kappa shape index (κ2) is 13.9. The zero-order chi connectivity index (χ0) is 28.5. The van der Waals surface area contributed by atoms with Crippen LogP contribution < -0.4 is 10.2 Å². The number of hydrogen-bond acceptors (Lipinski definition) is 8. The quantitative estimate of drug-likeness (QED) is 0.439. The third kappa shape index (κ3) is 8.89. The summed E-state index contributed by atoms with van der Waals surface area (Å²) in [5, 5.41) is 10.2. The average Bonchev–Trinajstić information content (AvgIpc) is 3.68. The van der Waals surface area contributed by atoms with Gasteiger partial charge < -0.3 is 29.4 Å². The fourth-order valence-corrected chi connectivity index (χ4v) is 4.41. The number of carboxylic acid groups (broad SMARTS) is 1. The van der Waals surface area contributed by atoms with E-state index in [4.69, 9.17) is 19.4 Å². The van der Waals surface area contributed by atoms with Crippen LogP contribution in [0.3, 0.4) is 0 Å². The SMILES string of the molecule is O=C(NCCCN1CCOCC1)c1cc(-c2cnc(N3CCOCC3)nc2)cn1CC1CC1.O=C(O)C(F)(F)F. The molecule has 0 radical (unpaired) electrons. The number of halogens is 3. The molecule has 2 aromatic rings. The molecule has 0 spiro atoms. The summed E-state index contributed by atoms with van der Waals surface area (Å²) in [6.45, 7) is 9.18. The van der Waals surface area contributed by atoms with E-state index in [1.165, 1.54) is 12.8 Å². The van der Waals surface area contributed by atoms with Crippen LogP contribution in [0.25, 0.3) is 11.1 Å². The first-order chi connectivity index (χ1) is 19.2. The first-order valence-corrected chi connectivity index (χ1v) is 13.4. The van der Waals surface area contributed by atoms with Crippen LogP contribution in [0.1, 0.15) is 29.8 Å². The summed E-state index contributed by atoms with van der Waals surface area (Å²) in [6, 6.07) is 1.98. The molecular formula is C26H35F3N6O5. The zero-order valence-corrected chi connectivity index (χ0v) is 22.2. The lowest BCUT2D eigenvalue weighted by molar-refractivity contribution is -0.192. The van der Waals surface area contributed by atoms with Crippen molar-refractivity contribution in [2.75, 3.05) is 70.6 Å². The van der Waals surface area contributed by atoms with Crippen LogP contribution in [0.5, 0.6) is 0 Å². The van der Waals surface area contributed by atoms with E-state index in [2.05, 4.69) is 35.8 Å². The highest BCUT2D eigenvalue weighted by Gasteiger charge is 2.38. The number of carboxylic acids is 1. The number of alkyl halides is 3. The number of nitrogens with zero attached hydrogens (tertiary/aromatic N) is 5. The minimum Gasteiger partial charge on any atom is -0.475 e. The van der Waals surface area contributed by atoms with Crippen molar-refractivity contribution in [3.05, 3.63) is 30.4 Å². The molecule has 4 heterocycles. The molecule has 40 heavy (non-hydrogen) atoms. The molecule has 0 aromatic carbocycles. The number of aliphatic carboxylic acids is 1. The fraction of sp³-hybridized carbons (Fsp3) is 0.615. The number of carbonyl (C=O) groups is 2. The maximum absolute atomic E-state index is 13.0. The summed E-state index contributed by atoms with van der Waals surface area (Å²) in [4.78, 5) is 35.6. The van der Waals surface area contributed by atoms with Crippen LogP contribution in [0.2, 0.25) is 0 Å². The molecule has 2 aliphatic heterocycles. The largest absolute Gasteiger partial charge is 0.490 e. The van der Waals surface area contributed by atoms with E-state index in [1.54, 1.807) is 0 Å². The van der Waals surface area contributed by atoms with Gasteiger partial charge in [0.25, 0.3) is 5.91 Å². The molecule has 0 unspecified atom stereocenters. The molecule has 220 valence electrons. The van der Waals surface area contributed by atoms with E-state index < -0.39 is 12.1 Å². The van der Waals surface area contributed by atoms with Gasteiger partial charge in [0.2, 0.25) is 5.95 Å². The van der Waals surface area contributed by atoms with Crippen molar-refractivity contribution in [2.45, 2.75) is 32.0 Å². The number of nitrogens with one attached hydrogen (secondary N) is 1. The van der Waals surface area contributed by atoms with Crippen LogP contribution in [-0.2, 0) is 20.8 Å². The number of morpholine rings is 2. The van der Waals surface area contributed by atoms with Crippen molar-refractivity contribution in [3.63, 3.8) is 0 Å². The number of rotatable bonds is 9. The Balaban J connectivity index is 0.000000470. The minimum absolute atomic E-state index is 0.00488. The summed E-state index contributed by atoms with van der Waals surface area (Å²) >= 11 is 0. The molecule has 2 N–H and O–H groups in total. The molecule has 1 aliphatic carbocycles. The Morgan fingerprint density at radius 2 is 1.60 bits per heavy atom. The highest BCUT2D eigenvalue weighted by molar-refractivity contribution is 5.94. The summed E-state index contributed by atoms with van der Waals surface area (Å²) < 4.78 is 44.7. The molecule has 2 aromatic heterocycles. The minimum atomic E-state index is -5.08. The summed E-state index contributed by atoms with van der Waals surface area (Å²) in [5.41, 5.74) is 2.64. The van der Waals surface area contributed by atoms with E-state index in [1.807, 2.05) is 18.5 Å². The fourth-order valence-electron chi connectivity index (χ4n) is 4.41. The lowest BCUT2D eigenvalue weighted by atomic mass is 10.2. The molecule has 2 saturated heterocycles. The topological polar surface area (TPSA) is 122 Å². The van der Waals surface area contributed by atoms with Crippen LogP contribution in [0.15, 0.2) is 24.7 Å². The van der Waals surface area contributed by atoms with Gasteiger partial charge in [-0.15, -0.1) is 0 Å². The molecule has 14 heteroatoms. The van der Waals surface area contributed by atoms with E-state index in [0.29, 0.717) is 25.7 Å². The second-order valence-corrected chi connectivity index (χ2v) is 9.95. The summed E-state index contributed by atoms with van der Waals surface area (Å²) in [6.07, 6.45) is 4.14. The normalized spacial score (nSPS) is 18.1. The number of hydrogen-bond donors (Lipinski definition) is 2. The lowest BCUT2D eigenvalue weighted by Crippen LogP contribution is -2.38. The van der Waals surface area contributed by atoms with E-state index in [0.717, 1.165) is 81.7 Å². The lowest BCUT2D eigenvalue weighted by Gasteiger charge is -2.26. The van der Waals surface area contributed by atoms with Gasteiger partial charge in [-0.25, -0.2) is 14.8 Å². The third-order valence-electron chi connectivity index (χ3n) is 6.83. The van der Waals surface area contributed by atoms with Gasteiger partial charge in [-0.3, -0.25) is 9.69 Å². The molecular weight excluding hydrogens is 533 g/mol. The van der Waals surface area contributed by atoms with E-state index >= 15 is 0 Å². The predicted octanol–water partition coefficient (Wildman–Crippen LogP) is 2.28. The zero-order valence-electron chi connectivity index (χ0n) is 22.2. The second-order valence-electron chi connectivity index (χ2n) is 9.95.